The van der Waals surface area contributed by atoms with Gasteiger partial charge in [0.2, 0.25) is 0 Å². The third-order valence-corrected chi connectivity index (χ3v) is 4.62. The van der Waals surface area contributed by atoms with Crippen LogP contribution in [-0.4, -0.2) is 43.4 Å². The summed E-state index contributed by atoms with van der Waals surface area (Å²) in [4.78, 5) is 2.25. The Labute approximate surface area is 148 Å². The molecule has 1 unspecified atom stereocenters. The van der Waals surface area contributed by atoms with Crippen LogP contribution in [0.15, 0.2) is 42.5 Å². The number of rotatable bonds is 6. The number of aliphatic hydroxyl groups excluding tert-OH is 1. The average molecular weight is 338 g/mol. The van der Waals surface area contributed by atoms with Crippen molar-refractivity contribution < 1.29 is 14.6 Å². The van der Waals surface area contributed by atoms with Gasteiger partial charge in [0.25, 0.3) is 0 Å². The van der Waals surface area contributed by atoms with E-state index in [1.807, 2.05) is 12.1 Å². The second-order valence-electron chi connectivity index (χ2n) is 6.01. The monoisotopic (exact) mass is 338 g/mol. The Hall–Kier alpha value is -2.55. The van der Waals surface area contributed by atoms with Crippen molar-refractivity contribution in [1.82, 2.24) is 4.90 Å². The normalized spacial score (nSPS) is 16.8. The average Bonchev–Trinajstić information content (AvgIpc) is 2.67. The summed E-state index contributed by atoms with van der Waals surface area (Å²) >= 11 is 0. The van der Waals surface area contributed by atoms with Gasteiger partial charge >= 0.3 is 0 Å². The van der Waals surface area contributed by atoms with Crippen LogP contribution in [0.25, 0.3) is 0 Å². The van der Waals surface area contributed by atoms with Crippen LogP contribution < -0.4 is 9.47 Å². The predicted octanol–water partition coefficient (Wildman–Crippen LogP) is 2.54. The highest BCUT2D eigenvalue weighted by atomic mass is 16.5. The van der Waals surface area contributed by atoms with Crippen molar-refractivity contribution in [1.29, 1.82) is 5.26 Å². The topological polar surface area (TPSA) is 65.7 Å². The van der Waals surface area contributed by atoms with Gasteiger partial charge in [-0.2, -0.15) is 5.26 Å². The lowest BCUT2D eigenvalue weighted by Gasteiger charge is -2.36. The van der Waals surface area contributed by atoms with Crippen molar-refractivity contribution in [3.63, 3.8) is 0 Å². The number of hydrogen-bond donors (Lipinski definition) is 1. The van der Waals surface area contributed by atoms with E-state index in [0.29, 0.717) is 30.2 Å². The van der Waals surface area contributed by atoms with E-state index in [1.165, 1.54) is 11.1 Å². The maximum atomic E-state index is 9.83. The zero-order valence-electron chi connectivity index (χ0n) is 14.3. The molecule has 1 heterocycles. The first-order chi connectivity index (χ1) is 12.3. The van der Waals surface area contributed by atoms with Crippen LogP contribution in [0.3, 0.4) is 0 Å². The summed E-state index contributed by atoms with van der Waals surface area (Å²) in [6.45, 7) is 2.19. The molecule has 1 aliphatic rings. The summed E-state index contributed by atoms with van der Waals surface area (Å²) in [6, 6.07) is 15.5. The Kier molecular flexibility index (Phi) is 5.54. The zero-order chi connectivity index (χ0) is 17.6. The molecule has 1 N–H and O–H groups in total. The summed E-state index contributed by atoms with van der Waals surface area (Å²) in [5.74, 6) is 1.18. The Morgan fingerprint density at radius 3 is 2.84 bits per heavy atom. The lowest BCUT2D eigenvalue weighted by Crippen LogP contribution is -2.39. The lowest BCUT2D eigenvalue weighted by atomic mass is 9.93. The number of benzene rings is 2. The van der Waals surface area contributed by atoms with E-state index in [1.54, 1.807) is 25.3 Å². The first-order valence-electron chi connectivity index (χ1n) is 8.40. The van der Waals surface area contributed by atoms with Gasteiger partial charge in [-0.25, -0.2) is 0 Å². The van der Waals surface area contributed by atoms with Crippen molar-refractivity contribution in [2.45, 2.75) is 12.5 Å². The first kappa shape index (κ1) is 17.3. The molecule has 0 bridgehead atoms. The van der Waals surface area contributed by atoms with E-state index in [4.69, 9.17) is 14.7 Å². The quantitative estimate of drug-likeness (QED) is 0.877. The highest BCUT2D eigenvalue weighted by Crippen LogP contribution is 2.30. The molecule has 2 aromatic carbocycles. The predicted molar refractivity (Wildman–Crippen MR) is 94.7 cm³/mol. The fraction of sp³-hybridized carbons (Fsp3) is 0.350. The second kappa shape index (κ2) is 8.02. The van der Waals surface area contributed by atoms with Crippen LogP contribution in [0.1, 0.15) is 22.7 Å². The summed E-state index contributed by atoms with van der Waals surface area (Å²) in [5.41, 5.74) is 3.05. The number of nitrogens with zero attached hydrogens (tertiary/aromatic N) is 2. The van der Waals surface area contributed by atoms with Gasteiger partial charge in [0, 0.05) is 19.2 Å². The number of nitriles is 1. The standard InChI is InChI=1S/C20H22N2O3/c1-24-20-12-15(13-21)6-7-19(20)25-11-10-22-9-8-16-4-2-3-5-17(16)18(22)14-23/h2-7,12,18,23H,8-11,14H2,1H3. The number of methoxy groups -OCH3 is 1. The highest BCUT2D eigenvalue weighted by molar-refractivity contribution is 5.46. The number of aliphatic hydroxyl groups is 1. The van der Waals surface area contributed by atoms with Crippen LogP contribution >= 0.6 is 0 Å². The molecule has 0 radical (unpaired) electrons. The van der Waals surface area contributed by atoms with Crippen LogP contribution in [0.4, 0.5) is 0 Å². The number of hydrogen-bond acceptors (Lipinski definition) is 5. The molecule has 0 aliphatic carbocycles. The largest absolute Gasteiger partial charge is 0.493 e. The molecule has 3 rings (SSSR count). The molecule has 5 heteroatoms. The van der Waals surface area contributed by atoms with Gasteiger partial charge in [-0.3, -0.25) is 4.90 Å². The van der Waals surface area contributed by atoms with Gasteiger partial charge in [-0.05, 0) is 29.7 Å². The third kappa shape index (κ3) is 3.76. The first-order valence-corrected chi connectivity index (χ1v) is 8.40. The minimum atomic E-state index is 0.0106. The van der Waals surface area contributed by atoms with Crippen molar-refractivity contribution in [2.24, 2.45) is 0 Å². The van der Waals surface area contributed by atoms with Crippen LogP contribution in [0.2, 0.25) is 0 Å². The fourth-order valence-corrected chi connectivity index (χ4v) is 3.31. The maximum Gasteiger partial charge on any atom is 0.162 e. The SMILES string of the molecule is COc1cc(C#N)ccc1OCCN1CCc2ccccc2C1CO. The highest BCUT2D eigenvalue weighted by Gasteiger charge is 2.26. The van der Waals surface area contributed by atoms with Crippen LogP contribution in [0, 0.1) is 11.3 Å². The van der Waals surface area contributed by atoms with Gasteiger partial charge in [0.05, 0.1) is 31.4 Å². The molecule has 1 aliphatic heterocycles. The molecule has 1 atom stereocenters. The molecule has 0 saturated carbocycles. The third-order valence-electron chi connectivity index (χ3n) is 4.62. The molecule has 0 aromatic heterocycles. The Balaban J connectivity index is 1.64. The minimum Gasteiger partial charge on any atom is -0.493 e. The molecule has 0 saturated heterocycles. The maximum absolute atomic E-state index is 9.83. The second-order valence-corrected chi connectivity index (χ2v) is 6.01. The van der Waals surface area contributed by atoms with E-state index < -0.39 is 0 Å². The van der Waals surface area contributed by atoms with Gasteiger partial charge in [0.1, 0.15) is 6.61 Å². The molecule has 5 nitrogen and oxygen atoms in total. The molecule has 130 valence electrons. The van der Waals surface area contributed by atoms with E-state index in [2.05, 4.69) is 23.1 Å². The number of ether oxygens (including phenoxy) is 2. The van der Waals surface area contributed by atoms with E-state index >= 15 is 0 Å². The number of fused-ring (bicyclic) bond motifs is 1. The van der Waals surface area contributed by atoms with Gasteiger partial charge in [-0.15, -0.1) is 0 Å². The van der Waals surface area contributed by atoms with Crippen molar-refractivity contribution in [2.75, 3.05) is 33.4 Å². The Morgan fingerprint density at radius 1 is 1.24 bits per heavy atom. The van der Waals surface area contributed by atoms with E-state index in [-0.39, 0.29) is 12.6 Å². The Morgan fingerprint density at radius 2 is 2.08 bits per heavy atom. The van der Waals surface area contributed by atoms with Crippen molar-refractivity contribution >= 4 is 0 Å². The summed E-state index contributed by atoms with van der Waals surface area (Å²) in [7, 11) is 1.56. The molecular weight excluding hydrogens is 316 g/mol. The molecule has 25 heavy (non-hydrogen) atoms. The minimum absolute atomic E-state index is 0.0106. The zero-order valence-corrected chi connectivity index (χ0v) is 14.3. The van der Waals surface area contributed by atoms with Gasteiger partial charge < -0.3 is 14.6 Å². The van der Waals surface area contributed by atoms with E-state index in [9.17, 15) is 5.11 Å². The smallest absolute Gasteiger partial charge is 0.162 e. The molecular formula is C20H22N2O3. The van der Waals surface area contributed by atoms with Gasteiger partial charge in [-0.1, -0.05) is 24.3 Å². The van der Waals surface area contributed by atoms with Crippen LogP contribution in [-0.2, 0) is 6.42 Å². The Bertz CT molecular complexity index is 770. The summed E-state index contributed by atoms with van der Waals surface area (Å²) in [6.07, 6.45) is 0.979. The summed E-state index contributed by atoms with van der Waals surface area (Å²) < 4.78 is 11.1. The molecule has 0 spiro atoms. The molecule has 2 aromatic rings. The van der Waals surface area contributed by atoms with Crippen molar-refractivity contribution in [3.8, 4) is 17.6 Å². The lowest BCUT2D eigenvalue weighted by molar-refractivity contribution is 0.0979. The van der Waals surface area contributed by atoms with Crippen molar-refractivity contribution in [3.05, 3.63) is 59.2 Å². The summed E-state index contributed by atoms with van der Waals surface area (Å²) in [5, 5.41) is 18.8. The van der Waals surface area contributed by atoms with Crippen LogP contribution in [0.5, 0.6) is 11.5 Å². The van der Waals surface area contributed by atoms with E-state index in [0.717, 1.165) is 13.0 Å². The molecule has 0 amide bonds. The molecule has 0 fully saturated rings. The van der Waals surface area contributed by atoms with Gasteiger partial charge in [0.15, 0.2) is 11.5 Å². The fourth-order valence-electron chi connectivity index (χ4n) is 3.31.